The first-order valence-electron chi connectivity index (χ1n) is 32.7. The first-order chi connectivity index (χ1) is 40.4. The minimum atomic E-state index is -2.01. The largest absolute Gasteiger partial charge is 0.505 e. The second-order valence-corrected chi connectivity index (χ2v) is 29.9. The molecule has 5 heterocycles. The summed E-state index contributed by atoms with van der Waals surface area (Å²) in [4.78, 5) is 74.4. The number of rotatable bonds is 5. The zero-order chi connectivity index (χ0) is 60.2. The quantitative estimate of drug-likeness (QED) is 0.164. The molecule has 15 heteroatoms. The number of aliphatic hydroxyl groups is 2. The van der Waals surface area contributed by atoms with Crippen LogP contribution in [0.2, 0.25) is 0 Å². The molecule has 15 rings (SSSR count). The van der Waals surface area contributed by atoms with Gasteiger partial charge in [0.05, 0.1) is 12.0 Å². The van der Waals surface area contributed by atoms with E-state index in [2.05, 4.69) is 54.3 Å². The predicted octanol–water partition coefficient (Wildman–Crippen LogP) is 10.5. The maximum Gasteiger partial charge on any atom is 0.281 e. The number of amides is 3. The fourth-order valence-electron chi connectivity index (χ4n) is 20.8. The van der Waals surface area contributed by atoms with Gasteiger partial charge < -0.3 is 30.5 Å². The second-order valence-electron chi connectivity index (χ2n) is 29.9. The summed E-state index contributed by atoms with van der Waals surface area (Å²) in [6.45, 7) is 17.2. The molecule has 4 aliphatic heterocycles. The standard InChI is InChI=1S/C31H39N5O5.C21H30O2.C18H23FO2/c1-16(2)26-28(38)35-11-7-10-24(35)31(40)36(26)29(39)30(41-31,17(3)4)33-27(37)19-12-21-20-8-6-9-22-25(20)18(14-32-22)13-23(21)34(5)15-19;1-13(22)17-6-7-18-16-5-4-14-12-15(23)8-10-20(14,2)19(16)9-11-21(17,18)3;1-18-9-8-11-10-4-6-15(20)17(19)13(10)3-2-12(11)14(18)5-7-16(18)21/h6,8-9,12,14,16-17,19,23-24,26,32,40H,7,10-11,13,15H2,1-5H3,(H,33,37);12,16-19H,4-11H2,1-3H3;4,6,11-12,14,16,20-21H,2-3,5,7-9H2,1H3/t19-,23-,24+,26-,30-,31+;16-,17+,18-,19-,20-,21+;11-,12-,14+,16+,18+/m101/s1. The van der Waals surface area contributed by atoms with Crippen molar-refractivity contribution in [1.82, 2.24) is 25.0 Å². The Bertz CT molecular complexity index is 3310. The maximum atomic E-state index is 14.3. The molecular formula is C70H92FN5O9. The highest BCUT2D eigenvalue weighted by Crippen LogP contribution is 2.67. The number of H-pyrrole nitrogens is 1. The van der Waals surface area contributed by atoms with E-state index < -0.39 is 47.3 Å². The minimum Gasteiger partial charge on any atom is -0.505 e. The SMILES string of the molecule is CC(=O)[C@H]1CC[C@H]2[C@@H]3CCC4=CC(=O)CC[C@]4(C)[C@H]3CC[C@]12C.CC(C)[C@@H]1C(=O)N2CCC[C@H]2[C@]2(O)O[C@](NC(=O)[C@@H]3C=C4c5cccc6[nH]cc(c56)C[C@H]4N(C)C3)(C(C)C)C(=O)N12.C[C@]12CC[C@@H]3c4ccc(O)c(F)c4CC[C@H]3[C@@H]1CC[C@@H]2O. The highest BCUT2D eigenvalue weighted by Gasteiger charge is 2.72. The van der Waals surface area contributed by atoms with Crippen LogP contribution in [-0.2, 0) is 41.6 Å². The van der Waals surface area contributed by atoms with E-state index in [1.54, 1.807) is 25.7 Å². The number of carbonyl (C=O) groups is 5. The Morgan fingerprint density at radius 2 is 1.60 bits per heavy atom. The number of hydrogen-bond donors (Lipinski definition) is 5. The lowest BCUT2D eigenvalue weighted by molar-refractivity contribution is -0.323. The number of Topliss-reactive ketones (excluding diaryl/α,β-unsaturated/α-hetero) is 1. The molecule has 3 aromatic rings. The summed E-state index contributed by atoms with van der Waals surface area (Å²) >= 11 is 0. The molecule has 0 spiro atoms. The first kappa shape index (κ1) is 58.8. The molecule has 85 heavy (non-hydrogen) atoms. The lowest BCUT2D eigenvalue weighted by Gasteiger charge is -2.58. The third-order valence-corrected chi connectivity index (χ3v) is 25.3. The summed E-state index contributed by atoms with van der Waals surface area (Å²) in [5.74, 6) is -0.157. The van der Waals surface area contributed by atoms with E-state index in [1.807, 2.05) is 45.2 Å². The van der Waals surface area contributed by atoms with Crippen LogP contribution in [0.4, 0.5) is 4.39 Å². The van der Waals surface area contributed by atoms with Gasteiger partial charge in [0, 0.05) is 54.5 Å². The van der Waals surface area contributed by atoms with Gasteiger partial charge in [0.25, 0.3) is 11.8 Å². The molecule has 17 atom stereocenters. The van der Waals surface area contributed by atoms with Crippen LogP contribution in [0.15, 0.2) is 54.3 Å². The Balaban J connectivity index is 0.000000129. The van der Waals surface area contributed by atoms with Crippen LogP contribution in [0.5, 0.6) is 5.75 Å². The molecule has 1 aromatic heterocycles. The van der Waals surface area contributed by atoms with Crippen LogP contribution < -0.4 is 5.32 Å². The molecular weight excluding hydrogens is 1070 g/mol. The van der Waals surface area contributed by atoms with Gasteiger partial charge in [-0.15, -0.1) is 0 Å². The number of likely N-dealkylation sites (N-methyl/N-ethyl adjacent to an activating group) is 1. The monoisotopic (exact) mass is 1170 g/mol. The van der Waals surface area contributed by atoms with E-state index in [0.717, 1.165) is 116 Å². The van der Waals surface area contributed by atoms with Crippen LogP contribution in [0.25, 0.3) is 16.5 Å². The Morgan fingerprint density at radius 3 is 2.35 bits per heavy atom. The number of nitrogens with zero attached hydrogens (tertiary/aromatic N) is 3. The predicted molar refractivity (Wildman–Crippen MR) is 321 cm³/mol. The molecule has 5 N–H and O–H groups in total. The number of aromatic hydroxyl groups is 1. The van der Waals surface area contributed by atoms with Crippen molar-refractivity contribution >= 4 is 45.8 Å². The molecule has 0 radical (unpaired) electrons. The number of hydrogen-bond acceptors (Lipinski definition) is 10. The van der Waals surface area contributed by atoms with Crippen molar-refractivity contribution in [3.05, 3.63) is 82.3 Å². The van der Waals surface area contributed by atoms with Crippen molar-refractivity contribution in [3.63, 3.8) is 0 Å². The fourth-order valence-corrected chi connectivity index (χ4v) is 20.8. The summed E-state index contributed by atoms with van der Waals surface area (Å²) in [5.41, 5.74) is 6.64. The van der Waals surface area contributed by atoms with Crippen molar-refractivity contribution in [2.24, 2.45) is 69.5 Å². The summed E-state index contributed by atoms with van der Waals surface area (Å²) in [6.07, 6.45) is 22.8. The Morgan fingerprint density at radius 1 is 0.859 bits per heavy atom. The van der Waals surface area contributed by atoms with Gasteiger partial charge in [0.2, 0.25) is 17.5 Å². The van der Waals surface area contributed by atoms with Crippen LogP contribution >= 0.6 is 0 Å². The van der Waals surface area contributed by atoms with Gasteiger partial charge in [0.1, 0.15) is 17.9 Å². The number of fused-ring (bicyclic) bond motifs is 15. The summed E-state index contributed by atoms with van der Waals surface area (Å²) in [7, 11) is 2.03. The van der Waals surface area contributed by atoms with Crippen LogP contribution in [0.3, 0.4) is 0 Å². The fraction of sp³-hybridized carbons (Fsp3) is 0.671. The Kier molecular flexibility index (Phi) is 14.5. The van der Waals surface area contributed by atoms with Crippen LogP contribution in [-0.4, -0.2) is 120 Å². The number of aliphatic hydroxyl groups excluding tert-OH is 1. The lowest BCUT2D eigenvalue weighted by Crippen LogP contribution is -2.72. The van der Waals surface area contributed by atoms with Crippen LogP contribution in [0.1, 0.15) is 180 Å². The average Bonchev–Trinajstić information content (AvgIpc) is 2.11. The molecule has 14 nitrogen and oxygen atoms in total. The topological polar surface area (TPSA) is 193 Å². The molecule has 8 aliphatic carbocycles. The number of phenols is 1. The number of carbonyl (C=O) groups excluding carboxylic acids is 5. The van der Waals surface area contributed by atoms with E-state index in [0.29, 0.717) is 61.2 Å². The zero-order valence-electron chi connectivity index (χ0n) is 51.6. The van der Waals surface area contributed by atoms with Crippen molar-refractivity contribution in [1.29, 1.82) is 0 Å². The van der Waals surface area contributed by atoms with Gasteiger partial charge >= 0.3 is 0 Å². The van der Waals surface area contributed by atoms with Crippen molar-refractivity contribution in [2.45, 2.75) is 206 Å². The van der Waals surface area contributed by atoms with Crippen molar-refractivity contribution in [3.8, 4) is 5.75 Å². The highest BCUT2D eigenvalue weighted by atomic mass is 19.1. The zero-order valence-corrected chi connectivity index (χ0v) is 51.6. The van der Waals surface area contributed by atoms with Gasteiger partial charge in [0.15, 0.2) is 17.3 Å². The van der Waals surface area contributed by atoms with Crippen molar-refractivity contribution < 1.29 is 48.4 Å². The number of ketones is 2. The minimum absolute atomic E-state index is 0.0636. The van der Waals surface area contributed by atoms with Gasteiger partial charge in [-0.25, -0.2) is 4.39 Å². The Hall–Kier alpha value is -5.22. The number of allylic oxidation sites excluding steroid dienone is 1. The number of piperazine rings is 1. The molecule has 0 unspecified atom stereocenters. The first-order valence-corrected chi connectivity index (χ1v) is 32.7. The highest BCUT2D eigenvalue weighted by molar-refractivity contribution is 6.01. The summed E-state index contributed by atoms with van der Waals surface area (Å²) in [6, 6.07) is 8.24. The normalized spacial score (nSPS) is 40.2. The summed E-state index contributed by atoms with van der Waals surface area (Å²) in [5, 5.41) is 36.2. The molecule has 8 fully saturated rings. The third kappa shape index (κ3) is 8.80. The Labute approximate surface area is 501 Å². The van der Waals surface area contributed by atoms with Gasteiger partial charge in [-0.05, 0) is 220 Å². The van der Waals surface area contributed by atoms with Crippen molar-refractivity contribution in [2.75, 3.05) is 20.1 Å². The van der Waals surface area contributed by atoms with Gasteiger partial charge in [-0.3, -0.25) is 38.5 Å². The van der Waals surface area contributed by atoms with E-state index >= 15 is 0 Å². The number of ether oxygens (including phenoxy) is 1. The average molecular weight is 1170 g/mol. The number of benzene rings is 2. The molecule has 3 saturated heterocycles. The number of aromatic amines is 1. The summed E-state index contributed by atoms with van der Waals surface area (Å²) < 4.78 is 20.6. The smallest absolute Gasteiger partial charge is 0.281 e. The number of aromatic nitrogens is 1. The van der Waals surface area contributed by atoms with Crippen LogP contribution in [0, 0.1) is 75.3 Å². The van der Waals surface area contributed by atoms with Gasteiger partial charge in [-0.1, -0.05) is 78.3 Å². The molecule has 5 saturated carbocycles. The molecule has 458 valence electrons. The van der Waals surface area contributed by atoms with E-state index in [4.69, 9.17) is 4.74 Å². The van der Waals surface area contributed by atoms with E-state index in [-0.39, 0.29) is 51.9 Å². The van der Waals surface area contributed by atoms with E-state index in [9.17, 15) is 43.7 Å². The second kappa shape index (κ2) is 21.0. The molecule has 12 aliphatic rings. The molecule has 2 aromatic carbocycles. The number of halogens is 1. The number of nitrogens with one attached hydrogen (secondary N) is 2. The van der Waals surface area contributed by atoms with Gasteiger partial charge in [-0.2, -0.15) is 0 Å². The molecule has 0 bridgehead atoms. The lowest BCUT2D eigenvalue weighted by atomic mass is 9.47. The molecule has 3 amide bonds. The maximum absolute atomic E-state index is 14.3. The van der Waals surface area contributed by atoms with E-state index in [1.165, 1.54) is 53.2 Å². The number of phenolic OH excluding ortho intramolecular Hbond substituents is 1. The third-order valence-electron chi connectivity index (χ3n) is 25.3.